The fraction of sp³-hybridized carbons (Fsp3) is 0.263. The number of benzene rings is 2. The van der Waals surface area contributed by atoms with Crippen LogP contribution in [0.15, 0.2) is 58.5 Å². The van der Waals surface area contributed by atoms with Crippen molar-refractivity contribution >= 4 is 22.7 Å². The Balaban J connectivity index is 1.65. The number of hydrogen-bond acceptors (Lipinski definition) is 4. The average Bonchev–Trinajstić information content (AvgIpc) is 2.63. The van der Waals surface area contributed by atoms with Gasteiger partial charge in [-0.3, -0.25) is 9.36 Å². The molecule has 1 aromatic heterocycles. The van der Waals surface area contributed by atoms with Crippen molar-refractivity contribution in [2.24, 2.45) is 7.05 Å². The Morgan fingerprint density at radius 1 is 1.17 bits per heavy atom. The molecular formula is C19H20N2O2S. The Labute approximate surface area is 145 Å². The Morgan fingerprint density at radius 2 is 2.00 bits per heavy atom. The number of para-hydroxylation sites is 1. The molecule has 3 rings (SSSR count). The van der Waals surface area contributed by atoms with Gasteiger partial charge in [-0.15, -0.1) is 0 Å². The van der Waals surface area contributed by atoms with Crippen molar-refractivity contribution < 1.29 is 4.74 Å². The highest BCUT2D eigenvalue weighted by Crippen LogP contribution is 2.18. The first-order valence-electron chi connectivity index (χ1n) is 7.99. The summed E-state index contributed by atoms with van der Waals surface area (Å²) in [6.07, 6.45) is 0.995. The molecule has 124 valence electrons. The smallest absolute Gasteiger partial charge is 0.261 e. The van der Waals surface area contributed by atoms with Crippen molar-refractivity contribution in [3.63, 3.8) is 0 Å². The molecule has 4 nitrogen and oxygen atoms in total. The van der Waals surface area contributed by atoms with E-state index in [1.54, 1.807) is 11.6 Å². The third-order valence-electron chi connectivity index (χ3n) is 3.83. The second kappa shape index (κ2) is 7.53. The third-order valence-corrected chi connectivity index (χ3v) is 4.83. The number of fused-ring (bicyclic) bond motifs is 1. The molecule has 5 heteroatoms. The zero-order valence-electron chi connectivity index (χ0n) is 13.9. The topological polar surface area (TPSA) is 44.1 Å². The van der Waals surface area contributed by atoms with E-state index in [-0.39, 0.29) is 5.56 Å². The SMILES string of the molecule is CCc1cccc(OCCSc2nc3ccccc3c(=O)n2C)c1. The van der Waals surface area contributed by atoms with E-state index in [4.69, 9.17) is 4.74 Å². The highest BCUT2D eigenvalue weighted by molar-refractivity contribution is 7.99. The number of aryl methyl sites for hydroxylation is 1. The lowest BCUT2D eigenvalue weighted by molar-refractivity contribution is 0.343. The molecule has 0 radical (unpaired) electrons. The summed E-state index contributed by atoms with van der Waals surface area (Å²) in [4.78, 5) is 16.9. The van der Waals surface area contributed by atoms with Gasteiger partial charge in [-0.2, -0.15) is 0 Å². The molecule has 0 fully saturated rings. The largest absolute Gasteiger partial charge is 0.493 e. The lowest BCUT2D eigenvalue weighted by atomic mass is 10.2. The number of hydrogen-bond donors (Lipinski definition) is 0. The molecule has 0 saturated heterocycles. The van der Waals surface area contributed by atoms with E-state index >= 15 is 0 Å². The van der Waals surface area contributed by atoms with Crippen molar-refractivity contribution in [2.75, 3.05) is 12.4 Å². The molecule has 0 saturated carbocycles. The summed E-state index contributed by atoms with van der Waals surface area (Å²) in [6.45, 7) is 2.70. The number of rotatable bonds is 6. The molecule has 1 heterocycles. The van der Waals surface area contributed by atoms with Gasteiger partial charge < -0.3 is 4.74 Å². The van der Waals surface area contributed by atoms with Crippen LogP contribution in [0, 0.1) is 0 Å². The van der Waals surface area contributed by atoms with Crippen LogP contribution < -0.4 is 10.3 Å². The maximum Gasteiger partial charge on any atom is 0.261 e. The first-order chi connectivity index (χ1) is 11.7. The molecule has 2 aromatic carbocycles. The normalized spacial score (nSPS) is 10.9. The maximum absolute atomic E-state index is 12.4. The number of aromatic nitrogens is 2. The quantitative estimate of drug-likeness (QED) is 0.390. The highest BCUT2D eigenvalue weighted by atomic mass is 32.2. The molecule has 0 unspecified atom stereocenters. The summed E-state index contributed by atoms with van der Waals surface area (Å²) in [6, 6.07) is 15.6. The highest BCUT2D eigenvalue weighted by Gasteiger charge is 2.08. The van der Waals surface area contributed by atoms with Crippen LogP contribution in [0.4, 0.5) is 0 Å². The summed E-state index contributed by atoms with van der Waals surface area (Å²) in [5, 5.41) is 1.36. The number of thioether (sulfide) groups is 1. The maximum atomic E-state index is 12.4. The minimum absolute atomic E-state index is 0.0142. The zero-order valence-corrected chi connectivity index (χ0v) is 14.7. The van der Waals surface area contributed by atoms with Crippen LogP contribution in [0.5, 0.6) is 5.75 Å². The van der Waals surface area contributed by atoms with Crippen LogP contribution in [0.25, 0.3) is 10.9 Å². The summed E-state index contributed by atoms with van der Waals surface area (Å²) in [5.41, 5.74) is 1.98. The van der Waals surface area contributed by atoms with Crippen LogP contribution in [0.2, 0.25) is 0 Å². The molecule has 0 atom stereocenters. The van der Waals surface area contributed by atoms with E-state index in [2.05, 4.69) is 24.0 Å². The van der Waals surface area contributed by atoms with Gasteiger partial charge in [0.15, 0.2) is 5.16 Å². The van der Waals surface area contributed by atoms with Crippen molar-refractivity contribution in [1.82, 2.24) is 9.55 Å². The minimum Gasteiger partial charge on any atom is -0.493 e. The Morgan fingerprint density at radius 3 is 2.83 bits per heavy atom. The van der Waals surface area contributed by atoms with E-state index in [0.29, 0.717) is 17.1 Å². The molecule has 0 spiro atoms. The summed E-state index contributed by atoms with van der Waals surface area (Å²) >= 11 is 1.53. The molecule has 0 bridgehead atoms. The fourth-order valence-electron chi connectivity index (χ4n) is 2.47. The lowest BCUT2D eigenvalue weighted by Crippen LogP contribution is -2.20. The fourth-order valence-corrected chi connectivity index (χ4v) is 3.26. The summed E-state index contributed by atoms with van der Waals surface area (Å²) < 4.78 is 7.39. The first kappa shape index (κ1) is 16.6. The van der Waals surface area contributed by atoms with Crippen LogP contribution in [-0.4, -0.2) is 21.9 Å². The van der Waals surface area contributed by atoms with Crippen molar-refractivity contribution in [1.29, 1.82) is 0 Å². The molecule has 0 aliphatic heterocycles. The molecule has 0 amide bonds. The van der Waals surface area contributed by atoms with Gasteiger partial charge in [-0.25, -0.2) is 4.98 Å². The van der Waals surface area contributed by atoms with Crippen LogP contribution in [0.1, 0.15) is 12.5 Å². The van der Waals surface area contributed by atoms with Crippen LogP contribution in [-0.2, 0) is 13.5 Å². The second-order valence-corrected chi connectivity index (χ2v) is 6.54. The number of ether oxygens (including phenoxy) is 1. The lowest BCUT2D eigenvalue weighted by Gasteiger charge is -2.10. The van der Waals surface area contributed by atoms with Crippen molar-refractivity contribution in [2.45, 2.75) is 18.5 Å². The van der Waals surface area contributed by atoms with E-state index in [9.17, 15) is 4.79 Å². The van der Waals surface area contributed by atoms with E-state index in [0.717, 1.165) is 23.4 Å². The predicted molar refractivity (Wildman–Crippen MR) is 99.0 cm³/mol. The third kappa shape index (κ3) is 3.62. The molecule has 0 aliphatic rings. The monoisotopic (exact) mass is 340 g/mol. The van der Waals surface area contributed by atoms with E-state index < -0.39 is 0 Å². The second-order valence-electron chi connectivity index (χ2n) is 5.47. The van der Waals surface area contributed by atoms with Crippen molar-refractivity contribution in [3.8, 4) is 5.75 Å². The van der Waals surface area contributed by atoms with Gasteiger partial charge in [0.05, 0.1) is 17.5 Å². The van der Waals surface area contributed by atoms with E-state index in [1.165, 1.54) is 17.3 Å². The number of nitrogens with zero attached hydrogens (tertiary/aromatic N) is 2. The first-order valence-corrected chi connectivity index (χ1v) is 8.98. The molecular weight excluding hydrogens is 320 g/mol. The average molecular weight is 340 g/mol. The Hall–Kier alpha value is -2.27. The minimum atomic E-state index is -0.0142. The Bertz CT molecular complexity index is 905. The Kier molecular flexibility index (Phi) is 5.20. The predicted octanol–water partition coefficient (Wildman–Crippen LogP) is 3.67. The standard InChI is InChI=1S/C19H20N2O2S/c1-3-14-7-6-8-15(13-14)23-11-12-24-19-20-17-10-5-4-9-16(17)18(22)21(19)2/h4-10,13H,3,11-12H2,1-2H3. The van der Waals surface area contributed by atoms with Gasteiger partial charge >= 0.3 is 0 Å². The van der Waals surface area contributed by atoms with Gasteiger partial charge in [0.25, 0.3) is 5.56 Å². The molecule has 0 N–H and O–H groups in total. The van der Waals surface area contributed by atoms with Crippen LogP contribution >= 0.6 is 11.8 Å². The van der Waals surface area contributed by atoms with Gasteiger partial charge in [-0.05, 0) is 36.2 Å². The van der Waals surface area contributed by atoms with Gasteiger partial charge in [0, 0.05) is 12.8 Å². The van der Waals surface area contributed by atoms with Crippen molar-refractivity contribution in [3.05, 3.63) is 64.4 Å². The van der Waals surface area contributed by atoms with Crippen LogP contribution in [0.3, 0.4) is 0 Å². The van der Waals surface area contributed by atoms with Gasteiger partial charge in [0.2, 0.25) is 0 Å². The molecule has 3 aromatic rings. The van der Waals surface area contributed by atoms with Gasteiger partial charge in [-0.1, -0.05) is 43.0 Å². The van der Waals surface area contributed by atoms with E-state index in [1.807, 2.05) is 36.4 Å². The van der Waals surface area contributed by atoms with Gasteiger partial charge in [0.1, 0.15) is 5.75 Å². The summed E-state index contributed by atoms with van der Waals surface area (Å²) in [7, 11) is 1.76. The summed E-state index contributed by atoms with van der Waals surface area (Å²) in [5.74, 6) is 1.62. The molecule has 0 aliphatic carbocycles. The molecule has 24 heavy (non-hydrogen) atoms. The zero-order chi connectivity index (χ0) is 16.9.